The van der Waals surface area contributed by atoms with Crippen molar-refractivity contribution >= 4 is 0 Å². The largest absolute Gasteiger partial charge is 0.381 e. The van der Waals surface area contributed by atoms with Gasteiger partial charge in [0, 0.05) is 13.2 Å². The van der Waals surface area contributed by atoms with E-state index in [2.05, 4.69) is 18.3 Å². The van der Waals surface area contributed by atoms with Gasteiger partial charge in [-0.05, 0) is 19.9 Å². The van der Waals surface area contributed by atoms with Crippen molar-refractivity contribution in [2.75, 3.05) is 20.3 Å². The van der Waals surface area contributed by atoms with Crippen molar-refractivity contribution in [2.45, 2.75) is 25.8 Å². The standard InChI is InChI=1S/C8H16N2O/c1-3-5-11-6-4-8(7-9)10-2/h8,10H,3-6H2,1-2H3. The van der Waals surface area contributed by atoms with E-state index in [0.717, 1.165) is 19.4 Å². The van der Waals surface area contributed by atoms with Crippen LogP contribution in [0, 0.1) is 11.3 Å². The van der Waals surface area contributed by atoms with Gasteiger partial charge in [0.2, 0.25) is 0 Å². The Bertz CT molecular complexity index is 120. The summed E-state index contributed by atoms with van der Waals surface area (Å²) in [5.74, 6) is 0. The number of nitrogens with one attached hydrogen (secondary N) is 1. The van der Waals surface area contributed by atoms with Crippen molar-refractivity contribution in [1.82, 2.24) is 5.32 Å². The predicted molar refractivity (Wildman–Crippen MR) is 44.2 cm³/mol. The number of ether oxygens (including phenoxy) is 1. The Morgan fingerprint density at radius 1 is 1.55 bits per heavy atom. The first kappa shape index (κ1) is 10.4. The molecule has 0 fully saturated rings. The maximum absolute atomic E-state index is 8.51. The minimum Gasteiger partial charge on any atom is -0.381 e. The van der Waals surface area contributed by atoms with Gasteiger partial charge in [0.1, 0.15) is 0 Å². The quantitative estimate of drug-likeness (QED) is 0.581. The van der Waals surface area contributed by atoms with Gasteiger partial charge in [-0.3, -0.25) is 0 Å². The molecular weight excluding hydrogens is 140 g/mol. The molecule has 0 amide bonds. The van der Waals surface area contributed by atoms with Crippen LogP contribution in [0.3, 0.4) is 0 Å². The van der Waals surface area contributed by atoms with Crippen molar-refractivity contribution in [3.05, 3.63) is 0 Å². The zero-order valence-corrected chi connectivity index (χ0v) is 7.26. The molecule has 0 aromatic heterocycles. The van der Waals surface area contributed by atoms with Gasteiger partial charge in [0.05, 0.1) is 12.1 Å². The molecule has 0 saturated carbocycles. The van der Waals surface area contributed by atoms with Gasteiger partial charge in [0.15, 0.2) is 0 Å². The van der Waals surface area contributed by atoms with E-state index in [-0.39, 0.29) is 6.04 Å². The first-order valence-electron chi connectivity index (χ1n) is 3.99. The van der Waals surface area contributed by atoms with E-state index in [4.69, 9.17) is 10.00 Å². The molecule has 0 rings (SSSR count). The van der Waals surface area contributed by atoms with Gasteiger partial charge in [-0.15, -0.1) is 0 Å². The molecule has 3 heteroatoms. The van der Waals surface area contributed by atoms with Crippen LogP contribution in [0.5, 0.6) is 0 Å². The molecule has 0 aliphatic carbocycles. The van der Waals surface area contributed by atoms with E-state index in [1.807, 2.05) is 0 Å². The van der Waals surface area contributed by atoms with Gasteiger partial charge in [-0.25, -0.2) is 0 Å². The van der Waals surface area contributed by atoms with Gasteiger partial charge in [-0.1, -0.05) is 6.92 Å². The number of rotatable bonds is 6. The summed E-state index contributed by atoms with van der Waals surface area (Å²) in [6.07, 6.45) is 1.81. The summed E-state index contributed by atoms with van der Waals surface area (Å²) in [7, 11) is 1.79. The first-order valence-corrected chi connectivity index (χ1v) is 3.99. The van der Waals surface area contributed by atoms with Crippen molar-refractivity contribution in [1.29, 1.82) is 5.26 Å². The molecule has 0 aliphatic rings. The Kier molecular flexibility index (Phi) is 7.11. The highest BCUT2D eigenvalue weighted by molar-refractivity contribution is 4.87. The van der Waals surface area contributed by atoms with Crippen molar-refractivity contribution in [2.24, 2.45) is 0 Å². The Morgan fingerprint density at radius 2 is 2.27 bits per heavy atom. The Hall–Kier alpha value is -0.590. The molecule has 1 atom stereocenters. The average molecular weight is 156 g/mol. The van der Waals surface area contributed by atoms with E-state index in [1.54, 1.807) is 7.05 Å². The van der Waals surface area contributed by atoms with Gasteiger partial charge in [0.25, 0.3) is 0 Å². The SMILES string of the molecule is CCCOCCC(C#N)NC. The molecule has 0 bridgehead atoms. The fourth-order valence-corrected chi connectivity index (χ4v) is 0.721. The van der Waals surface area contributed by atoms with E-state index in [9.17, 15) is 0 Å². The minimum atomic E-state index is -0.0631. The Morgan fingerprint density at radius 3 is 2.73 bits per heavy atom. The van der Waals surface area contributed by atoms with Crippen LogP contribution in [0.4, 0.5) is 0 Å². The number of hydrogen-bond donors (Lipinski definition) is 1. The molecule has 0 radical (unpaired) electrons. The van der Waals surface area contributed by atoms with Gasteiger partial charge in [-0.2, -0.15) is 5.26 Å². The van der Waals surface area contributed by atoms with E-state index in [0.29, 0.717) is 6.61 Å². The lowest BCUT2D eigenvalue weighted by Gasteiger charge is -2.06. The lowest BCUT2D eigenvalue weighted by Crippen LogP contribution is -2.24. The molecule has 0 aliphatic heterocycles. The molecule has 0 aromatic carbocycles. The maximum Gasteiger partial charge on any atom is 0.0972 e. The predicted octanol–water partition coefficient (Wildman–Crippen LogP) is 0.915. The fraction of sp³-hybridized carbons (Fsp3) is 0.875. The van der Waals surface area contributed by atoms with Gasteiger partial charge >= 0.3 is 0 Å². The summed E-state index contributed by atoms with van der Waals surface area (Å²) >= 11 is 0. The van der Waals surface area contributed by atoms with E-state index >= 15 is 0 Å². The van der Waals surface area contributed by atoms with E-state index < -0.39 is 0 Å². The molecule has 0 saturated heterocycles. The van der Waals surface area contributed by atoms with Crippen LogP contribution in [-0.4, -0.2) is 26.3 Å². The third-order valence-corrected chi connectivity index (χ3v) is 1.40. The molecule has 3 nitrogen and oxygen atoms in total. The zero-order chi connectivity index (χ0) is 8.53. The monoisotopic (exact) mass is 156 g/mol. The highest BCUT2D eigenvalue weighted by atomic mass is 16.5. The molecule has 0 spiro atoms. The summed E-state index contributed by atoms with van der Waals surface area (Å²) in [5.41, 5.74) is 0. The topological polar surface area (TPSA) is 45.0 Å². The number of hydrogen-bond acceptors (Lipinski definition) is 3. The highest BCUT2D eigenvalue weighted by Crippen LogP contribution is 1.90. The normalized spacial score (nSPS) is 12.5. The fourth-order valence-electron chi connectivity index (χ4n) is 0.721. The molecule has 0 aromatic rings. The summed E-state index contributed by atoms with van der Waals surface area (Å²) in [5, 5.41) is 11.4. The van der Waals surface area contributed by atoms with Crippen LogP contribution in [-0.2, 0) is 4.74 Å². The molecule has 0 heterocycles. The number of nitrogens with zero attached hydrogens (tertiary/aromatic N) is 1. The molecular formula is C8H16N2O. The molecule has 11 heavy (non-hydrogen) atoms. The van der Waals surface area contributed by atoms with Crippen LogP contribution >= 0.6 is 0 Å². The summed E-state index contributed by atoms with van der Waals surface area (Å²) in [4.78, 5) is 0. The lowest BCUT2D eigenvalue weighted by atomic mass is 10.2. The Balaban J connectivity index is 3.16. The second-order valence-corrected chi connectivity index (χ2v) is 2.37. The first-order chi connectivity index (χ1) is 5.35. The summed E-state index contributed by atoms with van der Waals surface area (Å²) < 4.78 is 5.23. The second kappa shape index (κ2) is 7.52. The second-order valence-electron chi connectivity index (χ2n) is 2.37. The van der Waals surface area contributed by atoms with E-state index in [1.165, 1.54) is 0 Å². The minimum absolute atomic E-state index is 0.0631. The lowest BCUT2D eigenvalue weighted by molar-refractivity contribution is 0.129. The molecule has 1 unspecified atom stereocenters. The summed E-state index contributed by atoms with van der Waals surface area (Å²) in [6, 6.07) is 2.07. The van der Waals surface area contributed by atoms with Crippen LogP contribution in [0.25, 0.3) is 0 Å². The number of nitriles is 1. The third kappa shape index (κ3) is 5.84. The average Bonchev–Trinajstić information content (AvgIpc) is 2.05. The smallest absolute Gasteiger partial charge is 0.0972 e. The summed E-state index contributed by atoms with van der Waals surface area (Å²) in [6.45, 7) is 3.54. The zero-order valence-electron chi connectivity index (χ0n) is 7.26. The van der Waals surface area contributed by atoms with Gasteiger partial charge < -0.3 is 10.1 Å². The van der Waals surface area contributed by atoms with Crippen LogP contribution in [0.1, 0.15) is 19.8 Å². The maximum atomic E-state index is 8.51. The Labute approximate surface area is 68.3 Å². The third-order valence-electron chi connectivity index (χ3n) is 1.40. The molecule has 64 valence electrons. The van der Waals surface area contributed by atoms with Crippen LogP contribution in [0.2, 0.25) is 0 Å². The van der Waals surface area contributed by atoms with Crippen molar-refractivity contribution < 1.29 is 4.74 Å². The van der Waals surface area contributed by atoms with Crippen LogP contribution < -0.4 is 5.32 Å². The van der Waals surface area contributed by atoms with Crippen molar-refractivity contribution in [3.63, 3.8) is 0 Å². The van der Waals surface area contributed by atoms with Crippen LogP contribution in [0.15, 0.2) is 0 Å². The highest BCUT2D eigenvalue weighted by Gasteiger charge is 2.01. The molecule has 1 N–H and O–H groups in total. The van der Waals surface area contributed by atoms with Crippen molar-refractivity contribution in [3.8, 4) is 6.07 Å².